The number of rotatable bonds is 7. The van der Waals surface area contributed by atoms with Crippen LogP contribution in [-0.4, -0.2) is 16.8 Å². The van der Waals surface area contributed by atoms with Gasteiger partial charge in [-0.05, 0) is 18.4 Å². The fourth-order valence-electron chi connectivity index (χ4n) is 1.42. The number of ether oxygens (including phenoxy) is 1. The zero-order valence-corrected chi connectivity index (χ0v) is 12.0. The number of unbranched alkanes of at least 4 members (excludes halogenated alkanes) is 3. The molecule has 0 bridgehead atoms. The molecule has 0 radical (unpaired) electrons. The van der Waals surface area contributed by atoms with E-state index in [4.69, 9.17) is 4.74 Å². The summed E-state index contributed by atoms with van der Waals surface area (Å²) in [6.07, 6.45) is 4.86. The molecule has 0 amide bonds. The smallest absolute Gasteiger partial charge is 0.233 e. The van der Waals surface area contributed by atoms with Gasteiger partial charge >= 0.3 is 0 Å². The molecule has 0 aliphatic heterocycles. The van der Waals surface area contributed by atoms with Gasteiger partial charge in [0.25, 0.3) is 0 Å². The van der Waals surface area contributed by atoms with Crippen LogP contribution in [0, 0.1) is 0 Å². The Labute approximate surface area is 111 Å². The standard InChI is InChI=1S/C13H22N2O.C2H4/c1-4-5-6-7-10-16-13-9-8-12(11(2)3)14-15-13;1-2/h8-9,11H,4-7,10H2,1-3H3;1-2H2. The predicted octanol–water partition coefficient (Wildman–Crippen LogP) is 4.36. The van der Waals surface area contributed by atoms with E-state index in [0.717, 1.165) is 18.7 Å². The van der Waals surface area contributed by atoms with Crippen LogP contribution in [0.1, 0.15) is 58.1 Å². The van der Waals surface area contributed by atoms with Crippen LogP contribution in [0.15, 0.2) is 25.3 Å². The lowest BCUT2D eigenvalue weighted by molar-refractivity contribution is 0.290. The lowest BCUT2D eigenvalue weighted by Crippen LogP contribution is -2.02. The van der Waals surface area contributed by atoms with Gasteiger partial charge in [-0.25, -0.2) is 0 Å². The summed E-state index contributed by atoms with van der Waals surface area (Å²) >= 11 is 0. The zero-order valence-electron chi connectivity index (χ0n) is 12.0. The monoisotopic (exact) mass is 250 g/mol. The SMILES string of the molecule is C=C.CCCCCCOc1ccc(C(C)C)nn1. The first-order valence-electron chi connectivity index (χ1n) is 6.70. The lowest BCUT2D eigenvalue weighted by atomic mass is 10.1. The number of nitrogens with zero attached hydrogens (tertiary/aromatic N) is 2. The Bertz CT molecular complexity index is 296. The van der Waals surface area contributed by atoms with E-state index < -0.39 is 0 Å². The van der Waals surface area contributed by atoms with Crippen molar-refractivity contribution in [3.05, 3.63) is 31.0 Å². The van der Waals surface area contributed by atoms with Gasteiger partial charge < -0.3 is 4.74 Å². The van der Waals surface area contributed by atoms with Crippen molar-refractivity contribution in [3.8, 4) is 5.88 Å². The topological polar surface area (TPSA) is 35.0 Å². The summed E-state index contributed by atoms with van der Waals surface area (Å²) < 4.78 is 5.51. The molecule has 18 heavy (non-hydrogen) atoms. The maximum Gasteiger partial charge on any atom is 0.233 e. The molecule has 1 aromatic heterocycles. The molecular formula is C15H26N2O. The maximum atomic E-state index is 5.51. The molecule has 1 rings (SSSR count). The first-order chi connectivity index (χ1) is 8.74. The van der Waals surface area contributed by atoms with Crippen molar-refractivity contribution < 1.29 is 4.74 Å². The van der Waals surface area contributed by atoms with Crippen LogP contribution >= 0.6 is 0 Å². The van der Waals surface area contributed by atoms with E-state index in [-0.39, 0.29) is 0 Å². The molecule has 0 aromatic carbocycles. The van der Waals surface area contributed by atoms with Crippen molar-refractivity contribution in [1.29, 1.82) is 0 Å². The van der Waals surface area contributed by atoms with E-state index in [0.29, 0.717) is 11.8 Å². The van der Waals surface area contributed by atoms with Gasteiger partial charge in [0.1, 0.15) is 0 Å². The highest BCUT2D eigenvalue weighted by Crippen LogP contribution is 2.13. The van der Waals surface area contributed by atoms with Crippen LogP contribution in [0.2, 0.25) is 0 Å². The minimum absolute atomic E-state index is 0.422. The fourth-order valence-corrected chi connectivity index (χ4v) is 1.42. The third-order valence-corrected chi connectivity index (χ3v) is 2.50. The molecule has 1 aromatic rings. The summed E-state index contributed by atoms with van der Waals surface area (Å²) in [5.41, 5.74) is 1.01. The Morgan fingerprint density at radius 2 is 1.83 bits per heavy atom. The Hall–Kier alpha value is -1.38. The van der Waals surface area contributed by atoms with E-state index in [1.807, 2.05) is 12.1 Å². The molecule has 1 heterocycles. The third kappa shape index (κ3) is 7.05. The van der Waals surface area contributed by atoms with Crippen LogP contribution in [-0.2, 0) is 0 Å². The normalized spacial score (nSPS) is 9.78. The van der Waals surface area contributed by atoms with Gasteiger partial charge in [0.05, 0.1) is 12.3 Å². The summed E-state index contributed by atoms with van der Waals surface area (Å²) in [5, 5.41) is 8.16. The lowest BCUT2D eigenvalue weighted by Gasteiger charge is -2.06. The molecule has 0 atom stereocenters. The number of hydrogen-bond acceptors (Lipinski definition) is 3. The molecule has 102 valence electrons. The Morgan fingerprint density at radius 3 is 2.33 bits per heavy atom. The van der Waals surface area contributed by atoms with Gasteiger partial charge in [0.2, 0.25) is 5.88 Å². The average molecular weight is 250 g/mol. The Balaban J connectivity index is 0.00000137. The van der Waals surface area contributed by atoms with Gasteiger partial charge in [-0.3, -0.25) is 0 Å². The van der Waals surface area contributed by atoms with E-state index in [2.05, 4.69) is 44.1 Å². The summed E-state index contributed by atoms with van der Waals surface area (Å²) in [5.74, 6) is 1.06. The molecule has 3 nitrogen and oxygen atoms in total. The second-order valence-corrected chi connectivity index (χ2v) is 4.36. The second-order valence-electron chi connectivity index (χ2n) is 4.36. The Morgan fingerprint density at radius 1 is 1.11 bits per heavy atom. The van der Waals surface area contributed by atoms with Gasteiger partial charge in [-0.1, -0.05) is 40.0 Å². The highest BCUT2D eigenvalue weighted by Gasteiger charge is 2.02. The minimum atomic E-state index is 0.422. The van der Waals surface area contributed by atoms with Crippen LogP contribution in [0.5, 0.6) is 5.88 Å². The summed E-state index contributed by atoms with van der Waals surface area (Å²) in [7, 11) is 0. The van der Waals surface area contributed by atoms with Crippen LogP contribution in [0.4, 0.5) is 0 Å². The largest absolute Gasteiger partial charge is 0.477 e. The molecular weight excluding hydrogens is 224 g/mol. The van der Waals surface area contributed by atoms with E-state index >= 15 is 0 Å². The number of aromatic nitrogens is 2. The molecule has 0 saturated carbocycles. The molecule has 0 unspecified atom stereocenters. The van der Waals surface area contributed by atoms with Gasteiger partial charge in [-0.2, -0.15) is 5.10 Å². The molecule has 0 saturated heterocycles. The summed E-state index contributed by atoms with van der Waals surface area (Å²) in [6, 6.07) is 3.89. The predicted molar refractivity (Wildman–Crippen MR) is 77.0 cm³/mol. The van der Waals surface area contributed by atoms with Crippen molar-refractivity contribution in [2.75, 3.05) is 6.61 Å². The molecule has 0 fully saturated rings. The van der Waals surface area contributed by atoms with Gasteiger partial charge in [0.15, 0.2) is 0 Å². The molecule has 3 heteroatoms. The maximum absolute atomic E-state index is 5.51. The van der Waals surface area contributed by atoms with E-state index in [1.165, 1.54) is 19.3 Å². The Kier molecular flexibility index (Phi) is 9.93. The summed E-state index contributed by atoms with van der Waals surface area (Å²) in [6.45, 7) is 13.2. The number of hydrogen-bond donors (Lipinski definition) is 0. The third-order valence-electron chi connectivity index (χ3n) is 2.50. The van der Waals surface area contributed by atoms with Crippen molar-refractivity contribution in [2.24, 2.45) is 0 Å². The highest BCUT2D eigenvalue weighted by molar-refractivity contribution is 5.13. The van der Waals surface area contributed by atoms with Gasteiger partial charge in [-0.15, -0.1) is 18.3 Å². The van der Waals surface area contributed by atoms with Crippen molar-refractivity contribution in [3.63, 3.8) is 0 Å². The van der Waals surface area contributed by atoms with Crippen LogP contribution in [0.3, 0.4) is 0 Å². The zero-order chi connectivity index (χ0) is 13.8. The van der Waals surface area contributed by atoms with Crippen LogP contribution in [0.25, 0.3) is 0 Å². The average Bonchev–Trinajstić information content (AvgIpc) is 2.41. The molecule has 0 spiro atoms. The first kappa shape index (κ1) is 16.6. The van der Waals surface area contributed by atoms with Crippen molar-refractivity contribution >= 4 is 0 Å². The second kappa shape index (κ2) is 10.8. The molecule has 0 N–H and O–H groups in total. The van der Waals surface area contributed by atoms with Crippen molar-refractivity contribution in [1.82, 2.24) is 10.2 Å². The quantitative estimate of drug-likeness (QED) is 0.532. The summed E-state index contributed by atoms with van der Waals surface area (Å²) in [4.78, 5) is 0. The van der Waals surface area contributed by atoms with Gasteiger partial charge in [0, 0.05) is 6.07 Å². The van der Waals surface area contributed by atoms with E-state index in [9.17, 15) is 0 Å². The van der Waals surface area contributed by atoms with Crippen molar-refractivity contribution in [2.45, 2.75) is 52.4 Å². The first-order valence-corrected chi connectivity index (χ1v) is 6.70. The van der Waals surface area contributed by atoms with Crippen LogP contribution < -0.4 is 4.74 Å². The fraction of sp³-hybridized carbons (Fsp3) is 0.600. The molecule has 0 aliphatic carbocycles. The van der Waals surface area contributed by atoms with E-state index in [1.54, 1.807) is 0 Å². The minimum Gasteiger partial charge on any atom is -0.477 e. The molecule has 0 aliphatic rings. The highest BCUT2D eigenvalue weighted by atomic mass is 16.5.